The number of methoxy groups -OCH3 is 1. The molecule has 0 bridgehead atoms. The molecule has 1 amide bonds. The summed E-state index contributed by atoms with van der Waals surface area (Å²) in [6.07, 6.45) is 0.552. The molecule has 2 rings (SSSR count). The molecule has 0 aliphatic heterocycles. The second kappa shape index (κ2) is 8.44. The number of hydrogen-bond acceptors (Lipinski definition) is 7. The van der Waals surface area contributed by atoms with Crippen molar-refractivity contribution in [2.45, 2.75) is 30.4 Å². The van der Waals surface area contributed by atoms with Crippen LogP contribution in [0.1, 0.15) is 29.6 Å². The third-order valence-corrected chi connectivity index (χ3v) is 4.21. The van der Waals surface area contributed by atoms with Gasteiger partial charge in [-0.05, 0) is 30.7 Å². The van der Waals surface area contributed by atoms with Gasteiger partial charge in [-0.1, -0.05) is 18.7 Å². The van der Waals surface area contributed by atoms with E-state index >= 15 is 0 Å². The molecule has 0 spiro atoms. The number of halogens is 1. The largest absolute Gasteiger partial charge is 0.468 e. The van der Waals surface area contributed by atoms with Crippen LogP contribution in [0.25, 0.3) is 0 Å². The van der Waals surface area contributed by atoms with Crippen molar-refractivity contribution in [1.29, 1.82) is 0 Å². The van der Waals surface area contributed by atoms with E-state index in [-0.39, 0.29) is 29.5 Å². The minimum atomic E-state index is -0.433. The Hall–Kier alpha value is -2.42. The van der Waals surface area contributed by atoms with Crippen molar-refractivity contribution in [3.63, 3.8) is 0 Å². The number of aromatic nitrogens is 2. The van der Waals surface area contributed by atoms with E-state index < -0.39 is 11.1 Å². The van der Waals surface area contributed by atoms with Crippen molar-refractivity contribution in [2.24, 2.45) is 0 Å². The molecule has 1 aromatic heterocycles. The predicted octanol–water partition coefficient (Wildman–Crippen LogP) is 2.18. The average molecular weight is 353 g/mol. The van der Waals surface area contributed by atoms with Crippen LogP contribution in [-0.4, -0.2) is 34.4 Å². The summed E-state index contributed by atoms with van der Waals surface area (Å²) in [5.74, 6) is -0.968. The van der Waals surface area contributed by atoms with Crippen LogP contribution in [0.15, 0.2) is 33.9 Å². The van der Waals surface area contributed by atoms with Crippen LogP contribution in [0.4, 0.5) is 4.39 Å². The van der Waals surface area contributed by atoms with E-state index in [9.17, 15) is 14.0 Å². The number of nitrogens with one attached hydrogen (secondary N) is 1. The summed E-state index contributed by atoms with van der Waals surface area (Å²) in [5, 5.41) is 10.0. The molecule has 1 heterocycles. The molecule has 24 heavy (non-hydrogen) atoms. The summed E-state index contributed by atoms with van der Waals surface area (Å²) in [6.45, 7) is 1.87. The van der Waals surface area contributed by atoms with Gasteiger partial charge in [-0.2, -0.15) is 0 Å². The zero-order valence-electron chi connectivity index (χ0n) is 13.1. The number of benzene rings is 1. The maximum absolute atomic E-state index is 12.8. The van der Waals surface area contributed by atoms with Gasteiger partial charge in [0.2, 0.25) is 5.89 Å². The molecule has 7 nitrogen and oxygen atoms in total. The molecule has 1 N–H and O–H groups in total. The summed E-state index contributed by atoms with van der Waals surface area (Å²) in [6, 6.07) is 5.16. The number of carbonyl (C=O) groups is 2. The SMILES string of the molecule is CC[C@H](Sc1nnc(CNC(=O)c2ccc(F)cc2)o1)C(=O)OC. The van der Waals surface area contributed by atoms with Crippen LogP contribution in [0, 0.1) is 5.82 Å². The number of rotatable bonds is 7. The molecule has 0 aliphatic rings. The lowest BCUT2D eigenvalue weighted by Gasteiger charge is -2.08. The van der Waals surface area contributed by atoms with Gasteiger partial charge in [-0.25, -0.2) is 4.39 Å². The fourth-order valence-electron chi connectivity index (χ4n) is 1.77. The third kappa shape index (κ3) is 4.79. The molecule has 0 fully saturated rings. The molecule has 1 atom stereocenters. The van der Waals surface area contributed by atoms with E-state index in [4.69, 9.17) is 4.42 Å². The number of carbonyl (C=O) groups excluding carboxylic acids is 2. The first kappa shape index (κ1) is 17.9. The van der Waals surface area contributed by atoms with Gasteiger partial charge in [0, 0.05) is 5.56 Å². The van der Waals surface area contributed by atoms with E-state index in [1.807, 2.05) is 6.92 Å². The fraction of sp³-hybridized carbons (Fsp3) is 0.333. The Morgan fingerprint density at radius 1 is 1.33 bits per heavy atom. The first-order valence-electron chi connectivity index (χ1n) is 7.14. The van der Waals surface area contributed by atoms with Crippen LogP contribution in [0.2, 0.25) is 0 Å². The lowest BCUT2D eigenvalue weighted by Crippen LogP contribution is -2.22. The summed E-state index contributed by atoms with van der Waals surface area (Å²) in [7, 11) is 1.32. The van der Waals surface area contributed by atoms with Gasteiger partial charge in [0.1, 0.15) is 11.1 Å². The lowest BCUT2D eigenvalue weighted by molar-refractivity contribution is -0.140. The normalized spacial score (nSPS) is 11.8. The van der Waals surface area contributed by atoms with Gasteiger partial charge in [0.05, 0.1) is 13.7 Å². The van der Waals surface area contributed by atoms with Gasteiger partial charge in [0.25, 0.3) is 11.1 Å². The van der Waals surface area contributed by atoms with Crippen molar-refractivity contribution < 1.29 is 23.1 Å². The highest BCUT2D eigenvalue weighted by molar-refractivity contribution is 8.00. The van der Waals surface area contributed by atoms with Gasteiger partial charge < -0.3 is 14.5 Å². The topological polar surface area (TPSA) is 94.3 Å². The quantitative estimate of drug-likeness (QED) is 0.602. The first-order valence-corrected chi connectivity index (χ1v) is 8.02. The monoisotopic (exact) mass is 353 g/mol. The number of hydrogen-bond donors (Lipinski definition) is 1. The molecular formula is C15H16FN3O4S. The van der Waals surface area contributed by atoms with Crippen LogP contribution in [-0.2, 0) is 16.1 Å². The Kier molecular flexibility index (Phi) is 6.30. The summed E-state index contributed by atoms with van der Waals surface area (Å²) in [5.41, 5.74) is 0.322. The van der Waals surface area contributed by atoms with Crippen molar-refractivity contribution >= 4 is 23.6 Å². The van der Waals surface area contributed by atoms with Gasteiger partial charge >= 0.3 is 5.97 Å². The Morgan fingerprint density at radius 2 is 2.04 bits per heavy atom. The second-order valence-electron chi connectivity index (χ2n) is 4.69. The molecular weight excluding hydrogens is 337 g/mol. The maximum atomic E-state index is 12.8. The second-order valence-corrected chi connectivity index (χ2v) is 5.84. The number of amides is 1. The molecule has 128 valence electrons. The molecule has 1 aromatic carbocycles. The first-order chi connectivity index (χ1) is 11.5. The van der Waals surface area contributed by atoms with E-state index in [0.29, 0.717) is 12.0 Å². The highest BCUT2D eigenvalue weighted by Gasteiger charge is 2.21. The Bertz CT molecular complexity index is 705. The number of nitrogens with zero attached hydrogens (tertiary/aromatic N) is 2. The van der Waals surface area contributed by atoms with Gasteiger partial charge in [-0.3, -0.25) is 9.59 Å². The summed E-state index contributed by atoms with van der Waals surface area (Å²) < 4.78 is 22.9. The zero-order valence-corrected chi connectivity index (χ0v) is 13.9. The predicted molar refractivity (Wildman–Crippen MR) is 83.8 cm³/mol. The molecule has 2 aromatic rings. The lowest BCUT2D eigenvalue weighted by atomic mass is 10.2. The van der Waals surface area contributed by atoms with Gasteiger partial charge in [0.15, 0.2) is 0 Å². The summed E-state index contributed by atoms with van der Waals surface area (Å²) in [4.78, 5) is 23.4. The van der Waals surface area contributed by atoms with Crippen LogP contribution in [0.5, 0.6) is 0 Å². The Morgan fingerprint density at radius 3 is 2.67 bits per heavy atom. The minimum Gasteiger partial charge on any atom is -0.468 e. The van der Waals surface area contributed by atoms with Crippen molar-refractivity contribution in [1.82, 2.24) is 15.5 Å². The van der Waals surface area contributed by atoms with Crippen molar-refractivity contribution in [3.05, 3.63) is 41.5 Å². The molecule has 0 radical (unpaired) electrons. The molecule has 9 heteroatoms. The van der Waals surface area contributed by atoms with Crippen LogP contribution in [0.3, 0.4) is 0 Å². The smallest absolute Gasteiger partial charge is 0.319 e. The maximum Gasteiger partial charge on any atom is 0.319 e. The Balaban J connectivity index is 1.90. The highest BCUT2D eigenvalue weighted by atomic mass is 32.2. The number of thioether (sulfide) groups is 1. The Labute approximate surface area is 142 Å². The zero-order chi connectivity index (χ0) is 17.5. The van der Waals surface area contributed by atoms with E-state index in [1.165, 1.54) is 31.4 Å². The van der Waals surface area contributed by atoms with E-state index in [1.54, 1.807) is 0 Å². The van der Waals surface area contributed by atoms with E-state index in [2.05, 4.69) is 20.3 Å². The number of ether oxygens (including phenoxy) is 1. The summed E-state index contributed by atoms with van der Waals surface area (Å²) >= 11 is 1.11. The van der Waals surface area contributed by atoms with Crippen molar-refractivity contribution in [3.8, 4) is 0 Å². The number of esters is 1. The van der Waals surface area contributed by atoms with Gasteiger partial charge in [-0.15, -0.1) is 10.2 Å². The van der Waals surface area contributed by atoms with E-state index in [0.717, 1.165) is 11.8 Å². The van der Waals surface area contributed by atoms with Crippen LogP contribution < -0.4 is 5.32 Å². The standard InChI is InChI=1S/C15H16FN3O4S/c1-3-11(14(21)22-2)24-15-19-18-12(23-15)8-17-13(20)9-4-6-10(16)7-5-9/h4-7,11H,3,8H2,1-2H3,(H,17,20)/t11-/m0/s1. The molecule has 0 unspecified atom stereocenters. The van der Waals surface area contributed by atoms with Crippen LogP contribution >= 0.6 is 11.8 Å². The fourth-order valence-corrected chi connectivity index (χ4v) is 2.60. The average Bonchev–Trinajstić information content (AvgIpc) is 3.05. The minimum absolute atomic E-state index is 0.0266. The molecule has 0 saturated carbocycles. The molecule has 0 aliphatic carbocycles. The molecule has 0 saturated heterocycles. The van der Waals surface area contributed by atoms with Crippen molar-refractivity contribution in [2.75, 3.05) is 7.11 Å². The highest BCUT2D eigenvalue weighted by Crippen LogP contribution is 2.24. The third-order valence-electron chi connectivity index (χ3n) is 3.03.